The molecule has 0 amide bonds. The number of nitro groups is 1. The van der Waals surface area contributed by atoms with Crippen LogP contribution in [0.1, 0.15) is 5.56 Å². The number of anilines is 1. The van der Waals surface area contributed by atoms with Crippen molar-refractivity contribution in [2.45, 2.75) is 6.54 Å². The largest absolute Gasteiger partial charge is 0.454 e. The maximum absolute atomic E-state index is 11.0. The highest BCUT2D eigenvalue weighted by atomic mass is 16.7. The van der Waals surface area contributed by atoms with Crippen molar-refractivity contribution in [3.8, 4) is 11.5 Å². The van der Waals surface area contributed by atoms with E-state index in [1.54, 1.807) is 6.07 Å². The van der Waals surface area contributed by atoms with Crippen LogP contribution in [0, 0.1) is 10.1 Å². The second kappa shape index (κ2) is 5.65. The molecule has 1 N–H and O–H groups in total. The summed E-state index contributed by atoms with van der Waals surface area (Å²) in [6.45, 7) is 0.720. The fraction of sp³-hybridized carbons (Fsp3) is 0.125. The van der Waals surface area contributed by atoms with Crippen molar-refractivity contribution >= 4 is 22.4 Å². The monoisotopic (exact) mass is 324 g/mol. The van der Waals surface area contributed by atoms with Crippen LogP contribution in [0.5, 0.6) is 11.5 Å². The van der Waals surface area contributed by atoms with Crippen LogP contribution in [0.3, 0.4) is 0 Å². The van der Waals surface area contributed by atoms with E-state index < -0.39 is 4.92 Å². The van der Waals surface area contributed by atoms with Gasteiger partial charge in [0.05, 0.1) is 10.4 Å². The Morgan fingerprint density at radius 3 is 2.88 bits per heavy atom. The Balaban J connectivity index is 1.62. The van der Waals surface area contributed by atoms with Crippen LogP contribution >= 0.6 is 0 Å². The van der Waals surface area contributed by atoms with Gasteiger partial charge in [0.2, 0.25) is 6.79 Å². The molecular weight excluding hydrogens is 312 g/mol. The second-order valence-corrected chi connectivity index (χ2v) is 5.22. The van der Waals surface area contributed by atoms with E-state index in [1.165, 1.54) is 18.5 Å². The van der Waals surface area contributed by atoms with Gasteiger partial charge in [0.15, 0.2) is 11.5 Å². The van der Waals surface area contributed by atoms with Crippen LogP contribution in [0.2, 0.25) is 0 Å². The maximum atomic E-state index is 11.0. The molecule has 0 unspecified atom stereocenters. The van der Waals surface area contributed by atoms with Gasteiger partial charge in [-0.1, -0.05) is 6.07 Å². The number of non-ortho nitro benzene ring substituents is 1. The molecule has 24 heavy (non-hydrogen) atoms. The number of aromatic nitrogens is 2. The Hall–Kier alpha value is -3.42. The number of hydrogen-bond donors (Lipinski definition) is 1. The summed E-state index contributed by atoms with van der Waals surface area (Å²) in [5.41, 5.74) is 1.63. The van der Waals surface area contributed by atoms with E-state index >= 15 is 0 Å². The Kier molecular flexibility index (Phi) is 3.34. The van der Waals surface area contributed by atoms with Crippen LogP contribution in [-0.4, -0.2) is 21.7 Å². The lowest BCUT2D eigenvalue weighted by Crippen LogP contribution is -2.03. The summed E-state index contributed by atoms with van der Waals surface area (Å²) < 4.78 is 10.6. The van der Waals surface area contributed by atoms with E-state index in [2.05, 4.69) is 15.3 Å². The highest BCUT2D eigenvalue weighted by molar-refractivity contribution is 5.90. The van der Waals surface area contributed by atoms with Crippen molar-refractivity contribution in [1.82, 2.24) is 9.97 Å². The van der Waals surface area contributed by atoms with Crippen LogP contribution in [0.25, 0.3) is 10.9 Å². The fourth-order valence-corrected chi connectivity index (χ4v) is 2.54. The molecule has 8 heteroatoms. The number of nitrogens with one attached hydrogen (secondary N) is 1. The summed E-state index contributed by atoms with van der Waals surface area (Å²) in [6, 6.07) is 10.2. The summed E-state index contributed by atoms with van der Waals surface area (Å²) in [7, 11) is 0. The smallest absolute Gasteiger partial charge is 0.270 e. The third kappa shape index (κ3) is 2.54. The molecule has 120 valence electrons. The number of benzene rings is 2. The van der Waals surface area contributed by atoms with Gasteiger partial charge in [-0.15, -0.1) is 0 Å². The van der Waals surface area contributed by atoms with E-state index in [0.717, 1.165) is 11.3 Å². The van der Waals surface area contributed by atoms with Crippen LogP contribution in [-0.2, 0) is 6.54 Å². The number of nitrogens with zero attached hydrogens (tertiary/aromatic N) is 3. The zero-order valence-corrected chi connectivity index (χ0v) is 12.4. The van der Waals surface area contributed by atoms with Crippen molar-refractivity contribution < 1.29 is 14.4 Å². The number of hydrogen-bond acceptors (Lipinski definition) is 7. The van der Waals surface area contributed by atoms with Gasteiger partial charge in [-0.2, -0.15) is 0 Å². The van der Waals surface area contributed by atoms with Gasteiger partial charge in [0, 0.05) is 24.1 Å². The fourth-order valence-electron chi connectivity index (χ4n) is 2.54. The lowest BCUT2D eigenvalue weighted by Gasteiger charge is -2.09. The van der Waals surface area contributed by atoms with Gasteiger partial charge in [-0.25, -0.2) is 9.97 Å². The molecule has 0 saturated heterocycles. The molecule has 2 heterocycles. The summed E-state index contributed by atoms with van der Waals surface area (Å²) in [5, 5.41) is 14.8. The summed E-state index contributed by atoms with van der Waals surface area (Å²) >= 11 is 0. The van der Waals surface area contributed by atoms with Gasteiger partial charge in [-0.3, -0.25) is 10.1 Å². The molecule has 0 aliphatic carbocycles. The second-order valence-electron chi connectivity index (χ2n) is 5.22. The molecule has 2 aromatic carbocycles. The van der Waals surface area contributed by atoms with Gasteiger partial charge in [0.1, 0.15) is 12.1 Å². The Morgan fingerprint density at radius 1 is 1.12 bits per heavy atom. The van der Waals surface area contributed by atoms with Gasteiger partial charge >= 0.3 is 0 Å². The van der Waals surface area contributed by atoms with Crippen molar-refractivity contribution in [1.29, 1.82) is 0 Å². The lowest BCUT2D eigenvalue weighted by atomic mass is 10.2. The van der Waals surface area contributed by atoms with Gasteiger partial charge < -0.3 is 14.8 Å². The lowest BCUT2D eigenvalue weighted by molar-refractivity contribution is -0.384. The zero-order chi connectivity index (χ0) is 16.5. The minimum absolute atomic E-state index is 0.00318. The van der Waals surface area contributed by atoms with Gasteiger partial charge in [0.25, 0.3) is 5.69 Å². The third-order valence-electron chi connectivity index (χ3n) is 3.73. The first-order valence-electron chi connectivity index (χ1n) is 7.22. The maximum Gasteiger partial charge on any atom is 0.270 e. The molecule has 0 bridgehead atoms. The molecule has 0 fully saturated rings. The topological polar surface area (TPSA) is 99.4 Å². The SMILES string of the molecule is O=[N+]([O-])c1ccc2ncnc(NCc3ccc4c(c3)OCO4)c2c1. The van der Waals surface area contributed by atoms with E-state index in [1.807, 2.05) is 18.2 Å². The molecule has 1 aliphatic heterocycles. The summed E-state index contributed by atoms with van der Waals surface area (Å²) in [6.07, 6.45) is 1.43. The highest BCUT2D eigenvalue weighted by Crippen LogP contribution is 2.33. The van der Waals surface area contributed by atoms with Gasteiger partial charge in [-0.05, 0) is 23.8 Å². The van der Waals surface area contributed by atoms with Crippen LogP contribution in [0.4, 0.5) is 11.5 Å². The molecule has 0 radical (unpaired) electrons. The zero-order valence-electron chi connectivity index (χ0n) is 12.4. The molecular formula is C16H12N4O4. The molecule has 3 aromatic rings. The minimum Gasteiger partial charge on any atom is -0.454 e. The van der Waals surface area contributed by atoms with Crippen LogP contribution in [0.15, 0.2) is 42.7 Å². The average molecular weight is 324 g/mol. The number of ether oxygens (including phenoxy) is 2. The average Bonchev–Trinajstić information content (AvgIpc) is 3.07. The predicted molar refractivity (Wildman–Crippen MR) is 86.1 cm³/mol. The molecule has 8 nitrogen and oxygen atoms in total. The quantitative estimate of drug-likeness (QED) is 0.582. The highest BCUT2D eigenvalue weighted by Gasteiger charge is 2.14. The summed E-state index contributed by atoms with van der Waals surface area (Å²) in [4.78, 5) is 18.9. The number of nitro benzene ring substituents is 1. The van der Waals surface area contributed by atoms with E-state index in [9.17, 15) is 10.1 Å². The van der Waals surface area contributed by atoms with Crippen LogP contribution < -0.4 is 14.8 Å². The minimum atomic E-state index is -0.436. The van der Waals surface area contributed by atoms with E-state index in [4.69, 9.17) is 9.47 Å². The number of rotatable bonds is 4. The molecule has 0 spiro atoms. The Bertz CT molecular complexity index is 945. The van der Waals surface area contributed by atoms with E-state index in [0.29, 0.717) is 29.0 Å². The van der Waals surface area contributed by atoms with Crippen molar-refractivity contribution in [2.24, 2.45) is 0 Å². The Morgan fingerprint density at radius 2 is 2.00 bits per heavy atom. The Labute approximate surface area is 136 Å². The number of fused-ring (bicyclic) bond motifs is 2. The molecule has 4 rings (SSSR count). The van der Waals surface area contributed by atoms with E-state index in [-0.39, 0.29) is 12.5 Å². The third-order valence-corrected chi connectivity index (χ3v) is 3.73. The van der Waals surface area contributed by atoms with Crippen molar-refractivity contribution in [2.75, 3.05) is 12.1 Å². The standard InChI is InChI=1S/C16H12N4O4/c21-20(22)11-2-3-13-12(6-11)16(19-8-18-13)17-7-10-1-4-14-15(5-10)24-9-23-14/h1-6,8H,7,9H2,(H,17,18,19). The first-order valence-corrected chi connectivity index (χ1v) is 7.22. The summed E-state index contributed by atoms with van der Waals surface area (Å²) in [5.74, 6) is 1.97. The molecule has 1 aromatic heterocycles. The molecule has 0 saturated carbocycles. The normalized spacial score (nSPS) is 12.3. The molecule has 1 aliphatic rings. The van der Waals surface area contributed by atoms with Crippen molar-refractivity contribution in [3.05, 3.63) is 58.4 Å². The molecule has 0 atom stereocenters. The predicted octanol–water partition coefficient (Wildman–Crippen LogP) is 2.88. The first-order chi connectivity index (χ1) is 11.7. The van der Waals surface area contributed by atoms with Crippen molar-refractivity contribution in [3.63, 3.8) is 0 Å². The first kappa shape index (κ1) is 14.2.